The molecule has 0 aromatic rings. The third-order valence-corrected chi connectivity index (χ3v) is 1.74. The van der Waals surface area contributed by atoms with E-state index in [0.717, 1.165) is 11.1 Å². The maximum atomic E-state index is 3.98. The van der Waals surface area contributed by atoms with Crippen LogP contribution >= 0.6 is 0 Å². The summed E-state index contributed by atoms with van der Waals surface area (Å²) < 4.78 is 0. The first kappa shape index (κ1) is 21.9. The summed E-state index contributed by atoms with van der Waals surface area (Å²) in [6.45, 7) is 24.0. The first-order valence-electron chi connectivity index (χ1n) is 6.78. The van der Waals surface area contributed by atoms with Crippen LogP contribution in [0.15, 0.2) is 59.8 Å². The number of hydrogen-bond donors (Lipinski definition) is 0. The molecule has 104 valence electrons. The predicted molar refractivity (Wildman–Crippen MR) is 89.0 cm³/mol. The van der Waals surface area contributed by atoms with E-state index in [1.165, 1.54) is 11.1 Å². The second kappa shape index (κ2) is 15.7. The van der Waals surface area contributed by atoms with Crippen molar-refractivity contribution in [3.8, 4) is 0 Å². The second-order valence-corrected chi connectivity index (χ2v) is 3.80. The molecule has 0 unspecified atom stereocenters. The molecule has 0 aromatic heterocycles. The van der Waals surface area contributed by atoms with Crippen LogP contribution in [-0.4, -0.2) is 0 Å². The third-order valence-electron chi connectivity index (χ3n) is 1.74. The van der Waals surface area contributed by atoms with Gasteiger partial charge in [0.15, 0.2) is 0 Å². The minimum Gasteiger partial charge on any atom is -0.0961 e. The molecule has 18 heavy (non-hydrogen) atoms. The molecule has 0 fully saturated rings. The van der Waals surface area contributed by atoms with E-state index < -0.39 is 0 Å². The Morgan fingerprint density at radius 3 is 1.50 bits per heavy atom. The largest absolute Gasteiger partial charge is 0.0961 e. The van der Waals surface area contributed by atoms with Crippen LogP contribution in [0.3, 0.4) is 0 Å². The minimum atomic E-state index is 1.03. The predicted octanol–water partition coefficient (Wildman–Crippen LogP) is 6.64. The van der Waals surface area contributed by atoms with Gasteiger partial charge in [-0.1, -0.05) is 76.3 Å². The summed E-state index contributed by atoms with van der Waals surface area (Å²) in [7, 11) is 0. The highest BCUT2D eigenvalue weighted by atomic mass is 14.0. The molecule has 0 atom stereocenters. The zero-order valence-corrected chi connectivity index (χ0v) is 13.7. The summed E-state index contributed by atoms with van der Waals surface area (Å²) in [6, 6.07) is 0. The van der Waals surface area contributed by atoms with Crippen molar-refractivity contribution in [1.82, 2.24) is 0 Å². The maximum Gasteiger partial charge on any atom is -0.0299 e. The fraction of sp³-hybridized carbons (Fsp3) is 0.444. The van der Waals surface area contributed by atoms with Gasteiger partial charge >= 0.3 is 0 Å². The average molecular weight is 248 g/mol. The Bertz CT molecular complexity index is 305. The van der Waals surface area contributed by atoms with Gasteiger partial charge in [0.2, 0.25) is 0 Å². The van der Waals surface area contributed by atoms with Gasteiger partial charge in [0.05, 0.1) is 0 Å². The quantitative estimate of drug-likeness (QED) is 0.489. The molecule has 0 N–H and O–H groups in total. The van der Waals surface area contributed by atoms with Gasteiger partial charge in [-0.15, -0.1) is 0 Å². The fourth-order valence-electron chi connectivity index (χ4n) is 0.773. The lowest BCUT2D eigenvalue weighted by molar-refractivity contribution is 1.37. The van der Waals surface area contributed by atoms with Crippen molar-refractivity contribution in [3.63, 3.8) is 0 Å². The van der Waals surface area contributed by atoms with E-state index in [-0.39, 0.29) is 0 Å². The number of hydrogen-bond acceptors (Lipinski definition) is 0. The number of rotatable bonds is 4. The van der Waals surface area contributed by atoms with Gasteiger partial charge in [-0.3, -0.25) is 0 Å². The van der Waals surface area contributed by atoms with Crippen LogP contribution in [0.25, 0.3) is 0 Å². The molecule has 0 heterocycles. The standard InChI is InChI=1S/C14H20.2C2H6/c1-11(2)7-9-13(5)14(6)10-8-12(3)4;2*1-2/h7-10H,1,5H2,2-4,6H3;2*1-2H3/b9-7-,14-10+;;. The zero-order valence-electron chi connectivity index (χ0n) is 13.7. The Morgan fingerprint density at radius 2 is 1.17 bits per heavy atom. The van der Waals surface area contributed by atoms with Crippen LogP contribution in [0.2, 0.25) is 0 Å². The summed E-state index contributed by atoms with van der Waals surface area (Å²) in [5.41, 5.74) is 4.55. The molecule has 0 rings (SSSR count). The van der Waals surface area contributed by atoms with Crippen LogP contribution in [-0.2, 0) is 0 Å². The Labute approximate surface area is 116 Å². The summed E-state index contributed by atoms with van der Waals surface area (Å²) >= 11 is 0. The third kappa shape index (κ3) is 17.1. The molecule has 0 amide bonds. The van der Waals surface area contributed by atoms with Crippen LogP contribution < -0.4 is 0 Å². The summed E-state index contributed by atoms with van der Waals surface area (Å²) in [4.78, 5) is 0. The molecule has 0 heteroatoms. The fourth-order valence-corrected chi connectivity index (χ4v) is 0.773. The lowest BCUT2D eigenvalue weighted by Crippen LogP contribution is -1.78. The molecule has 0 nitrogen and oxygen atoms in total. The van der Waals surface area contributed by atoms with Crippen molar-refractivity contribution < 1.29 is 0 Å². The van der Waals surface area contributed by atoms with E-state index in [1.54, 1.807) is 0 Å². The van der Waals surface area contributed by atoms with E-state index in [0.29, 0.717) is 0 Å². The van der Waals surface area contributed by atoms with Crippen LogP contribution in [0.5, 0.6) is 0 Å². The van der Waals surface area contributed by atoms with Gasteiger partial charge in [0.25, 0.3) is 0 Å². The topological polar surface area (TPSA) is 0 Å². The monoisotopic (exact) mass is 248 g/mol. The Balaban J connectivity index is -0.000000506. The smallest absolute Gasteiger partial charge is 0.0299 e. The molecular formula is C18H32. The molecule has 0 aliphatic heterocycles. The zero-order chi connectivity index (χ0) is 15.1. The summed E-state index contributed by atoms with van der Waals surface area (Å²) in [5.74, 6) is 0. The van der Waals surface area contributed by atoms with Crippen LogP contribution in [0.1, 0.15) is 55.4 Å². The van der Waals surface area contributed by atoms with E-state index in [1.807, 2.05) is 46.8 Å². The molecular weight excluding hydrogens is 216 g/mol. The second-order valence-electron chi connectivity index (χ2n) is 3.80. The highest BCUT2D eigenvalue weighted by Crippen LogP contribution is 2.10. The van der Waals surface area contributed by atoms with Gasteiger partial charge in [0, 0.05) is 0 Å². The van der Waals surface area contributed by atoms with Crippen molar-refractivity contribution in [3.05, 3.63) is 59.8 Å². The van der Waals surface area contributed by atoms with Gasteiger partial charge in [-0.25, -0.2) is 0 Å². The molecule has 0 aliphatic carbocycles. The number of allylic oxidation sites excluding steroid dienone is 8. The normalized spacial score (nSPS) is 9.67. The van der Waals surface area contributed by atoms with Crippen molar-refractivity contribution in [2.24, 2.45) is 0 Å². The molecule has 0 aliphatic rings. The molecule has 0 spiro atoms. The first-order chi connectivity index (χ1) is 8.43. The van der Waals surface area contributed by atoms with Crippen molar-refractivity contribution in [2.75, 3.05) is 0 Å². The van der Waals surface area contributed by atoms with Crippen LogP contribution in [0, 0.1) is 0 Å². The minimum absolute atomic E-state index is 1.03. The van der Waals surface area contributed by atoms with E-state index in [4.69, 9.17) is 0 Å². The lowest BCUT2D eigenvalue weighted by atomic mass is 10.1. The summed E-state index contributed by atoms with van der Waals surface area (Å²) in [6.07, 6.45) is 8.14. The highest BCUT2D eigenvalue weighted by Gasteiger charge is 1.89. The lowest BCUT2D eigenvalue weighted by Gasteiger charge is -1.98. The van der Waals surface area contributed by atoms with Crippen molar-refractivity contribution in [1.29, 1.82) is 0 Å². The Kier molecular flexibility index (Phi) is 19.1. The molecule has 0 radical (unpaired) electrons. The molecule has 0 saturated heterocycles. The SMILES string of the molecule is C=C(C)/C=C\C(=C)/C(C)=C/C=C(C)C.CC.CC. The molecule has 0 aromatic carbocycles. The average Bonchev–Trinajstić information content (AvgIpc) is 2.37. The van der Waals surface area contributed by atoms with Gasteiger partial charge in [0.1, 0.15) is 0 Å². The van der Waals surface area contributed by atoms with Gasteiger partial charge in [-0.05, 0) is 38.8 Å². The Hall–Kier alpha value is -1.30. The van der Waals surface area contributed by atoms with Gasteiger partial charge < -0.3 is 0 Å². The summed E-state index contributed by atoms with van der Waals surface area (Å²) in [5, 5.41) is 0. The van der Waals surface area contributed by atoms with Crippen molar-refractivity contribution in [2.45, 2.75) is 55.4 Å². The van der Waals surface area contributed by atoms with E-state index in [9.17, 15) is 0 Å². The Morgan fingerprint density at radius 1 is 0.722 bits per heavy atom. The molecule has 0 saturated carbocycles. The molecule has 0 bridgehead atoms. The van der Waals surface area contributed by atoms with Crippen molar-refractivity contribution >= 4 is 0 Å². The van der Waals surface area contributed by atoms with E-state index in [2.05, 4.69) is 46.1 Å². The van der Waals surface area contributed by atoms with E-state index >= 15 is 0 Å². The van der Waals surface area contributed by atoms with Gasteiger partial charge in [-0.2, -0.15) is 0 Å². The van der Waals surface area contributed by atoms with Crippen LogP contribution in [0.4, 0.5) is 0 Å². The highest BCUT2D eigenvalue weighted by molar-refractivity contribution is 5.40. The first-order valence-corrected chi connectivity index (χ1v) is 6.78. The maximum absolute atomic E-state index is 3.98.